The summed E-state index contributed by atoms with van der Waals surface area (Å²) in [6.45, 7) is -1.47. The van der Waals surface area contributed by atoms with Crippen molar-refractivity contribution >= 4 is 46.8 Å². The summed E-state index contributed by atoms with van der Waals surface area (Å²) in [4.78, 5) is 86.3. The quantitative estimate of drug-likeness (QED) is 0.0303. The number of carbonyl (C=O) groups is 6. The molecular weight excluding hydrogens is 1320 g/mol. The number of carbonyl (C=O) groups excluding carboxylic acids is 5. The molecule has 1 fully saturated rings. The number of ether oxygens (including phenoxy) is 8. The van der Waals surface area contributed by atoms with E-state index in [0.29, 0.717) is 54.6 Å². The first-order chi connectivity index (χ1) is 46.3. The zero-order valence-electron chi connectivity index (χ0n) is 48.2. The number of esters is 5. The van der Waals surface area contributed by atoms with Crippen LogP contribution in [0.2, 0.25) is 0 Å². The SMILES string of the molecule is O=C(OC1OC2COC(=O)c3cc(Oc4c(-c5ccc(O)c(O)c5)[o+]c5cc(O)cc6c5c4-c4c(C(=O)O)cc(O)c(O)c4O6)c(O)c(O)c3-c3c(cc(O)c(O)c3O)C(=O)OC2C(OC(=O)c2cc(O)c(O)c(O)c2)C1OC(=O)c1cc(O)c(O)c(O)c1)c1cc(O)c(O)c(O)c1. The van der Waals surface area contributed by atoms with Gasteiger partial charge in [0.25, 0.3) is 0 Å². The van der Waals surface area contributed by atoms with Crippen molar-refractivity contribution < 1.29 is 173 Å². The van der Waals surface area contributed by atoms with Gasteiger partial charge in [0.2, 0.25) is 35.4 Å². The molecule has 502 valence electrons. The maximum atomic E-state index is 15.2. The lowest BCUT2D eigenvalue weighted by Crippen LogP contribution is -2.63. The number of cyclic esters (lactones) is 1. The van der Waals surface area contributed by atoms with E-state index in [9.17, 15) is 121 Å². The summed E-state index contributed by atoms with van der Waals surface area (Å²) in [6, 6.07) is 9.08. The number of benzene rings is 8. The summed E-state index contributed by atoms with van der Waals surface area (Å²) >= 11 is 0. The van der Waals surface area contributed by atoms with E-state index in [4.69, 9.17) is 42.3 Å². The minimum Gasteiger partial charge on any atom is -0.507 e. The van der Waals surface area contributed by atoms with E-state index in [1.807, 2.05) is 0 Å². The Morgan fingerprint density at radius 2 is 0.980 bits per heavy atom. The van der Waals surface area contributed by atoms with Crippen molar-refractivity contribution in [1.29, 1.82) is 0 Å². The lowest BCUT2D eigenvalue weighted by atomic mass is 9.90. The van der Waals surface area contributed by atoms with E-state index in [2.05, 4.69) is 0 Å². The molecule has 0 amide bonds. The number of carboxylic acid groups (broad SMARTS) is 1. The molecule has 5 atom stereocenters. The van der Waals surface area contributed by atoms with E-state index < -0.39 is 272 Å². The van der Waals surface area contributed by atoms with Gasteiger partial charge in [-0.25, -0.2) is 33.2 Å². The maximum absolute atomic E-state index is 15.2. The van der Waals surface area contributed by atoms with Gasteiger partial charge in [-0.3, -0.25) is 0 Å². The highest BCUT2D eigenvalue weighted by Crippen LogP contribution is 2.62. The smallest absolute Gasteiger partial charge is 0.403 e. The van der Waals surface area contributed by atoms with E-state index in [-0.39, 0.29) is 10.9 Å². The Balaban J connectivity index is 1.06. The van der Waals surface area contributed by atoms with Gasteiger partial charge in [-0.2, -0.15) is 0 Å². The third-order valence-electron chi connectivity index (χ3n) is 15.3. The van der Waals surface area contributed by atoms with E-state index in [1.165, 1.54) is 0 Å². The topological polar surface area (TPSA) is 592 Å². The van der Waals surface area contributed by atoms with Crippen LogP contribution in [-0.4, -0.2) is 175 Å². The predicted molar refractivity (Wildman–Crippen MR) is 313 cm³/mol. The fourth-order valence-electron chi connectivity index (χ4n) is 10.8. The largest absolute Gasteiger partial charge is 0.507 e. The highest BCUT2D eigenvalue weighted by atomic mass is 16.7. The maximum Gasteiger partial charge on any atom is 0.403 e. The van der Waals surface area contributed by atoms with Crippen LogP contribution >= 0.6 is 0 Å². The summed E-state index contributed by atoms with van der Waals surface area (Å²) in [5.41, 5.74) is -10.5. The number of aromatic hydroxyl groups is 19. The molecule has 3 aliphatic heterocycles. The molecule has 12 rings (SSSR count). The Bertz CT molecular complexity index is 4970. The van der Waals surface area contributed by atoms with Crippen molar-refractivity contribution in [3.05, 3.63) is 118 Å². The van der Waals surface area contributed by atoms with Gasteiger partial charge in [-0.1, -0.05) is 0 Å². The predicted octanol–water partition coefficient (Wildman–Crippen LogP) is 6.45. The first-order valence-corrected chi connectivity index (χ1v) is 27.5. The van der Waals surface area contributed by atoms with Crippen LogP contribution in [0.25, 0.3) is 44.5 Å². The number of carboxylic acids is 1. The van der Waals surface area contributed by atoms with Crippen LogP contribution in [0.15, 0.2) is 89.3 Å². The molecule has 3 aliphatic rings. The standard InChI is InChI=1S/C63H40O35/c64-20-10-34-41-35(11-20)92-53-40(21(57(83)84)12-33(74)47(53)79)42(41)54(51(91-34)16-1-2-24(65)25(66)3-16)93-36-14-23-39(50(82)48(36)80)38-22(13-32(73)46(78)49(38)81)62(89)95-52-37(15-90-61(23)88)94-63(98-60(87)19-8-30(71)45(77)31(72)9-19)56(97-59(86)18-6-28(69)44(76)29(70)7-18)55(52)96-58(85)17-4-26(67)43(75)27(68)5-17/h1-14,37,52,55-56,63H,15H2,(H19-,64,65,66,67,68,69,70,71,72,73,74,75,76,77,78,79,80,81,82,83,84,85,86,87,88,89)/p+1. The Morgan fingerprint density at radius 1 is 0.469 bits per heavy atom. The molecule has 4 heterocycles. The van der Waals surface area contributed by atoms with Gasteiger partial charge in [-0.15, -0.1) is 0 Å². The fraction of sp³-hybridized carbons (Fsp3) is 0.0952. The van der Waals surface area contributed by atoms with Gasteiger partial charge < -0.3 is 140 Å². The Morgan fingerprint density at radius 3 is 1.53 bits per heavy atom. The number of hydrogen-bond acceptors (Lipinski definition) is 33. The molecule has 9 aromatic rings. The van der Waals surface area contributed by atoms with Crippen molar-refractivity contribution in [2.75, 3.05) is 6.61 Å². The van der Waals surface area contributed by atoms with Crippen molar-refractivity contribution in [1.82, 2.24) is 0 Å². The van der Waals surface area contributed by atoms with Crippen LogP contribution in [0.1, 0.15) is 62.1 Å². The Hall–Kier alpha value is -14.3. The molecule has 0 radical (unpaired) electrons. The highest BCUT2D eigenvalue weighted by molar-refractivity contribution is 6.13. The van der Waals surface area contributed by atoms with Gasteiger partial charge in [0.05, 0.1) is 50.6 Å². The van der Waals surface area contributed by atoms with Crippen molar-refractivity contribution in [2.24, 2.45) is 0 Å². The average Bonchev–Trinajstić information content (AvgIpc) is 0.750. The molecule has 8 aromatic carbocycles. The van der Waals surface area contributed by atoms with Crippen LogP contribution in [0.3, 0.4) is 0 Å². The zero-order valence-corrected chi connectivity index (χ0v) is 48.2. The molecule has 0 bridgehead atoms. The van der Waals surface area contributed by atoms with Gasteiger partial charge in [0.15, 0.2) is 110 Å². The molecule has 35 heteroatoms. The average molecular weight is 1360 g/mol. The van der Waals surface area contributed by atoms with Crippen molar-refractivity contribution in [3.8, 4) is 166 Å². The fourth-order valence-corrected chi connectivity index (χ4v) is 10.8. The number of fused-ring (bicyclic) bond motifs is 6. The zero-order chi connectivity index (χ0) is 70.7. The number of phenolic OH excluding ortho intramolecular Hbond substituents is 19. The van der Waals surface area contributed by atoms with E-state index >= 15 is 9.59 Å². The summed E-state index contributed by atoms with van der Waals surface area (Å²) in [5.74, 6) is -37.7. The summed E-state index contributed by atoms with van der Waals surface area (Å²) in [6.07, 6.45) is -13.1. The molecular formula is C63H41O35+. The van der Waals surface area contributed by atoms with Gasteiger partial charge in [0, 0.05) is 34.9 Å². The van der Waals surface area contributed by atoms with Crippen molar-refractivity contribution in [2.45, 2.75) is 30.7 Å². The molecule has 0 spiro atoms. The summed E-state index contributed by atoms with van der Waals surface area (Å²) < 4.78 is 53.0. The van der Waals surface area contributed by atoms with Crippen LogP contribution in [0, 0.1) is 0 Å². The monoisotopic (exact) mass is 1360 g/mol. The van der Waals surface area contributed by atoms with E-state index in [0.717, 1.165) is 30.3 Å². The third-order valence-corrected chi connectivity index (χ3v) is 15.3. The molecule has 20 N–H and O–H groups in total. The van der Waals surface area contributed by atoms with Crippen LogP contribution in [0.4, 0.5) is 0 Å². The first-order valence-electron chi connectivity index (χ1n) is 27.5. The number of aromatic carboxylic acids is 1. The lowest BCUT2D eigenvalue weighted by Gasteiger charge is -2.43. The Kier molecular flexibility index (Phi) is 15.2. The molecule has 98 heavy (non-hydrogen) atoms. The van der Waals surface area contributed by atoms with Crippen LogP contribution < -0.4 is 9.47 Å². The second-order valence-electron chi connectivity index (χ2n) is 21.4. The molecule has 0 saturated carbocycles. The normalized spacial score (nSPS) is 16.8. The minimum absolute atomic E-state index is 0.318. The van der Waals surface area contributed by atoms with Crippen LogP contribution in [0.5, 0.6) is 132 Å². The minimum atomic E-state index is -2.72. The number of rotatable bonds is 10. The molecule has 5 unspecified atom stereocenters. The third kappa shape index (κ3) is 10.6. The second-order valence-corrected chi connectivity index (χ2v) is 21.4. The number of hydrogen-bond donors (Lipinski definition) is 20. The van der Waals surface area contributed by atoms with Crippen LogP contribution in [-0.2, 0) is 28.4 Å². The van der Waals surface area contributed by atoms with Crippen molar-refractivity contribution in [3.63, 3.8) is 0 Å². The van der Waals surface area contributed by atoms with E-state index in [1.54, 1.807) is 0 Å². The first kappa shape index (κ1) is 63.9. The van der Waals surface area contributed by atoms with Gasteiger partial charge in [-0.05, 0) is 60.7 Å². The molecule has 1 aromatic heterocycles. The van der Waals surface area contributed by atoms with Gasteiger partial charge in [0.1, 0.15) is 29.6 Å². The Labute approximate surface area is 539 Å². The molecule has 0 aliphatic carbocycles. The molecule has 35 nitrogen and oxygen atoms in total. The second kappa shape index (κ2) is 23.4. The number of phenols is 19. The summed E-state index contributed by atoms with van der Waals surface area (Å²) in [7, 11) is 0. The highest BCUT2D eigenvalue weighted by Gasteiger charge is 2.56. The van der Waals surface area contributed by atoms with Gasteiger partial charge >= 0.3 is 47.2 Å². The summed E-state index contributed by atoms with van der Waals surface area (Å²) in [5, 5.41) is 216. The lowest BCUT2D eigenvalue weighted by molar-refractivity contribution is -0.282. The molecule has 1 saturated heterocycles.